The smallest absolute Gasteiger partial charge is 0.161 e. The van der Waals surface area contributed by atoms with E-state index in [1.807, 2.05) is 18.2 Å². The summed E-state index contributed by atoms with van der Waals surface area (Å²) in [6.07, 6.45) is 0. The summed E-state index contributed by atoms with van der Waals surface area (Å²) in [5.41, 5.74) is 2.72. The number of hydrogen-bond acceptors (Lipinski definition) is 2. The van der Waals surface area contributed by atoms with Crippen LogP contribution in [0.1, 0.15) is 0 Å². The molecule has 0 aliphatic carbocycles. The maximum absolute atomic E-state index is 13.3. The van der Waals surface area contributed by atoms with Crippen LogP contribution in [0.15, 0.2) is 34.8 Å². The highest BCUT2D eigenvalue weighted by Gasteiger charge is 2.11. The molecule has 98 valence electrons. The highest BCUT2D eigenvalue weighted by atomic mass is 79.9. The number of hydrogen-bond donors (Lipinski definition) is 1. The molecule has 0 fully saturated rings. The van der Waals surface area contributed by atoms with Crippen molar-refractivity contribution in [1.82, 2.24) is 15.0 Å². The van der Waals surface area contributed by atoms with Gasteiger partial charge < -0.3 is 4.98 Å². The quantitative estimate of drug-likeness (QED) is 0.521. The molecule has 0 aliphatic heterocycles. The molecule has 0 saturated carbocycles. The summed E-state index contributed by atoms with van der Waals surface area (Å²) < 4.78 is 27.5. The molecule has 2 heterocycles. The summed E-state index contributed by atoms with van der Waals surface area (Å²) in [5.74, 6) is -1.85. The van der Waals surface area contributed by atoms with E-state index in [0.29, 0.717) is 22.2 Å². The maximum atomic E-state index is 13.3. The number of benzene rings is 2. The van der Waals surface area contributed by atoms with Gasteiger partial charge in [-0.15, -0.1) is 0 Å². The molecule has 3 nitrogen and oxygen atoms in total. The summed E-state index contributed by atoms with van der Waals surface area (Å²) in [4.78, 5) is 11.8. The number of nitrogens with one attached hydrogen (secondary N) is 1. The van der Waals surface area contributed by atoms with Crippen LogP contribution in [-0.2, 0) is 0 Å². The van der Waals surface area contributed by atoms with E-state index >= 15 is 0 Å². The summed E-state index contributed by atoms with van der Waals surface area (Å²) in [6, 6.07) is 7.83. The Hall–Kier alpha value is -2.08. The number of aromatic amines is 1. The third-order valence-electron chi connectivity index (χ3n) is 3.20. The van der Waals surface area contributed by atoms with Crippen LogP contribution in [0.25, 0.3) is 33.1 Å². The van der Waals surface area contributed by atoms with Gasteiger partial charge in [0.15, 0.2) is 17.3 Å². The summed E-state index contributed by atoms with van der Waals surface area (Å²) in [7, 11) is 0. The lowest BCUT2D eigenvalue weighted by Gasteiger charge is -1.99. The molecule has 0 saturated heterocycles. The van der Waals surface area contributed by atoms with E-state index in [4.69, 9.17) is 0 Å². The summed E-state index contributed by atoms with van der Waals surface area (Å²) >= 11 is 3.40. The van der Waals surface area contributed by atoms with Gasteiger partial charge in [0.05, 0.1) is 11.0 Å². The maximum Gasteiger partial charge on any atom is 0.161 e. The van der Waals surface area contributed by atoms with Gasteiger partial charge >= 0.3 is 0 Å². The van der Waals surface area contributed by atoms with Crippen molar-refractivity contribution in [3.63, 3.8) is 0 Å². The molecular weight excluding hydrogens is 328 g/mol. The Balaban J connectivity index is 2.19. The average Bonchev–Trinajstić information content (AvgIpc) is 2.75. The molecule has 20 heavy (non-hydrogen) atoms. The molecular formula is C14H6BrF2N3. The van der Waals surface area contributed by atoms with Crippen LogP contribution in [0, 0.1) is 11.6 Å². The predicted octanol–water partition coefficient (Wildman–Crippen LogP) is 4.31. The van der Waals surface area contributed by atoms with Gasteiger partial charge in [-0.05, 0) is 18.2 Å². The van der Waals surface area contributed by atoms with Crippen LogP contribution in [-0.4, -0.2) is 15.0 Å². The Morgan fingerprint density at radius 2 is 1.65 bits per heavy atom. The molecule has 4 rings (SSSR count). The Bertz CT molecular complexity index is 994. The molecule has 6 heteroatoms. The van der Waals surface area contributed by atoms with E-state index in [9.17, 15) is 8.78 Å². The second kappa shape index (κ2) is 3.96. The first-order valence-electron chi connectivity index (χ1n) is 5.85. The minimum Gasteiger partial charge on any atom is -0.338 e. The number of aromatic nitrogens is 3. The molecule has 4 aromatic rings. The standard InChI is InChI=1S/C14H6BrF2N3/c15-6-1-2-10-7(3-6)13-14(19-10)20-12-5-9(17)8(16)4-11(12)18-13/h1-5H,(H,19,20). The van der Waals surface area contributed by atoms with Gasteiger partial charge in [0.2, 0.25) is 0 Å². The first-order chi connectivity index (χ1) is 9.61. The lowest BCUT2D eigenvalue weighted by molar-refractivity contribution is 0.510. The van der Waals surface area contributed by atoms with Gasteiger partial charge in [-0.25, -0.2) is 18.7 Å². The third-order valence-corrected chi connectivity index (χ3v) is 3.69. The number of H-pyrrole nitrogens is 1. The fraction of sp³-hybridized carbons (Fsp3) is 0. The van der Waals surface area contributed by atoms with Crippen LogP contribution in [0.3, 0.4) is 0 Å². The highest BCUT2D eigenvalue weighted by Crippen LogP contribution is 2.27. The average molecular weight is 334 g/mol. The van der Waals surface area contributed by atoms with Crippen molar-refractivity contribution in [2.45, 2.75) is 0 Å². The van der Waals surface area contributed by atoms with Crippen LogP contribution < -0.4 is 0 Å². The first kappa shape index (κ1) is 11.7. The topological polar surface area (TPSA) is 41.6 Å². The number of nitrogens with zero attached hydrogens (tertiary/aromatic N) is 2. The van der Waals surface area contributed by atoms with Gasteiger partial charge in [-0.3, -0.25) is 0 Å². The van der Waals surface area contributed by atoms with Crippen molar-refractivity contribution in [2.75, 3.05) is 0 Å². The molecule has 0 aliphatic rings. The zero-order chi connectivity index (χ0) is 13.9. The van der Waals surface area contributed by atoms with Crippen LogP contribution in [0.4, 0.5) is 8.78 Å². The molecule has 2 aromatic carbocycles. The monoisotopic (exact) mass is 333 g/mol. The van der Waals surface area contributed by atoms with Crippen molar-refractivity contribution in [3.8, 4) is 0 Å². The zero-order valence-corrected chi connectivity index (χ0v) is 11.5. The molecule has 0 radical (unpaired) electrons. The molecule has 0 spiro atoms. The number of rotatable bonds is 0. The fourth-order valence-corrected chi connectivity index (χ4v) is 2.64. The lowest BCUT2D eigenvalue weighted by Crippen LogP contribution is -1.90. The van der Waals surface area contributed by atoms with Gasteiger partial charge in [0.25, 0.3) is 0 Å². The van der Waals surface area contributed by atoms with E-state index in [2.05, 4.69) is 30.9 Å². The van der Waals surface area contributed by atoms with Crippen molar-refractivity contribution < 1.29 is 8.78 Å². The van der Waals surface area contributed by atoms with E-state index in [-0.39, 0.29) is 0 Å². The van der Waals surface area contributed by atoms with E-state index in [1.54, 1.807) is 0 Å². The van der Waals surface area contributed by atoms with Gasteiger partial charge in [0, 0.05) is 27.5 Å². The molecule has 1 N–H and O–H groups in total. The van der Waals surface area contributed by atoms with Crippen molar-refractivity contribution in [2.24, 2.45) is 0 Å². The normalized spacial score (nSPS) is 11.8. The molecule has 0 atom stereocenters. The van der Waals surface area contributed by atoms with Crippen LogP contribution in [0.2, 0.25) is 0 Å². The Morgan fingerprint density at radius 1 is 0.950 bits per heavy atom. The Labute approximate surface area is 119 Å². The molecule has 0 amide bonds. The SMILES string of the molecule is Fc1cc2nc3[nH]c4ccc(Br)cc4c3nc2cc1F. The van der Waals surface area contributed by atoms with Crippen LogP contribution >= 0.6 is 15.9 Å². The van der Waals surface area contributed by atoms with Crippen molar-refractivity contribution in [3.05, 3.63) is 46.4 Å². The van der Waals surface area contributed by atoms with E-state index < -0.39 is 11.6 Å². The Kier molecular flexibility index (Phi) is 2.32. The predicted molar refractivity (Wildman–Crippen MR) is 76.5 cm³/mol. The fourth-order valence-electron chi connectivity index (χ4n) is 2.28. The molecule has 0 unspecified atom stereocenters. The van der Waals surface area contributed by atoms with Crippen molar-refractivity contribution in [1.29, 1.82) is 0 Å². The number of fused-ring (bicyclic) bond motifs is 4. The highest BCUT2D eigenvalue weighted by molar-refractivity contribution is 9.10. The zero-order valence-electron chi connectivity index (χ0n) is 9.92. The van der Waals surface area contributed by atoms with Gasteiger partial charge in [-0.1, -0.05) is 15.9 Å². The minimum atomic E-state index is -0.926. The second-order valence-corrected chi connectivity index (χ2v) is 5.41. The molecule has 0 bridgehead atoms. The van der Waals surface area contributed by atoms with Gasteiger partial charge in [-0.2, -0.15) is 0 Å². The van der Waals surface area contributed by atoms with E-state index in [1.165, 1.54) is 0 Å². The van der Waals surface area contributed by atoms with E-state index in [0.717, 1.165) is 27.5 Å². The van der Waals surface area contributed by atoms with Crippen molar-refractivity contribution >= 4 is 49.0 Å². The largest absolute Gasteiger partial charge is 0.338 e. The number of halogens is 3. The van der Waals surface area contributed by atoms with Crippen LogP contribution in [0.5, 0.6) is 0 Å². The summed E-state index contributed by atoms with van der Waals surface area (Å²) in [5, 5.41) is 0.883. The first-order valence-corrected chi connectivity index (χ1v) is 6.65. The minimum absolute atomic E-state index is 0.321. The third kappa shape index (κ3) is 1.61. The Morgan fingerprint density at radius 3 is 2.40 bits per heavy atom. The molecule has 2 aromatic heterocycles. The van der Waals surface area contributed by atoms with Gasteiger partial charge in [0.1, 0.15) is 5.52 Å². The second-order valence-electron chi connectivity index (χ2n) is 4.49. The lowest BCUT2D eigenvalue weighted by atomic mass is 10.2. The summed E-state index contributed by atoms with van der Waals surface area (Å²) in [6.45, 7) is 0.